The number of alkyl halides is 2. The van der Waals surface area contributed by atoms with Gasteiger partial charge in [0.25, 0.3) is 6.43 Å². The van der Waals surface area contributed by atoms with Crippen molar-refractivity contribution in [1.82, 2.24) is 4.90 Å². The fraction of sp³-hybridized carbons (Fsp3) is 0.417. The van der Waals surface area contributed by atoms with Gasteiger partial charge in [0.05, 0.1) is 5.02 Å². The van der Waals surface area contributed by atoms with Gasteiger partial charge < -0.3 is 14.4 Å². The third kappa shape index (κ3) is 10.4. The molecule has 5 nitrogen and oxygen atoms in total. The molecular weight excluding hydrogens is 485 g/mol. The van der Waals surface area contributed by atoms with Gasteiger partial charge in [0, 0.05) is 18.0 Å². The number of hydrogen-bond donors (Lipinski definition) is 2. The molecule has 0 unspecified atom stereocenters. The number of halogens is 4. The first-order valence-corrected chi connectivity index (χ1v) is 11.9. The summed E-state index contributed by atoms with van der Waals surface area (Å²) < 4.78 is 44.5. The average molecular weight is 515 g/mol. The number of thiol groups is 1. The maximum absolute atomic E-state index is 12.5. The Kier molecular flexibility index (Phi) is 12.9. The monoisotopic (exact) mass is 514 g/mol. The molecule has 2 aromatic carbocycles. The van der Waals surface area contributed by atoms with Gasteiger partial charge >= 0.3 is 0 Å². The minimum Gasteiger partial charge on any atom is -0.470 e. The van der Waals surface area contributed by atoms with Gasteiger partial charge in [0.2, 0.25) is 5.90 Å². The van der Waals surface area contributed by atoms with E-state index in [0.29, 0.717) is 11.3 Å². The van der Waals surface area contributed by atoms with Crippen LogP contribution in [0.2, 0.25) is 5.02 Å². The number of unbranched alkanes of at least 4 members (excludes halogenated alkanes) is 1. The summed E-state index contributed by atoms with van der Waals surface area (Å²) in [6.07, 6.45) is 3.48. The van der Waals surface area contributed by atoms with Gasteiger partial charge in [0.1, 0.15) is 5.82 Å². The second-order valence-corrected chi connectivity index (χ2v) is 8.32. The normalized spacial score (nSPS) is 14.0. The molecule has 34 heavy (non-hydrogen) atoms. The molecule has 0 aliphatic carbocycles. The molecule has 1 aliphatic rings. The highest BCUT2D eigenvalue weighted by molar-refractivity contribution is 7.81. The van der Waals surface area contributed by atoms with Crippen LogP contribution in [0.1, 0.15) is 36.8 Å². The first-order valence-electron chi connectivity index (χ1n) is 11.0. The third-order valence-electron chi connectivity index (χ3n) is 5.15. The molecular formula is C24H30ClF3N4OS. The van der Waals surface area contributed by atoms with E-state index in [1.54, 1.807) is 6.07 Å². The summed E-state index contributed by atoms with van der Waals surface area (Å²) in [7, 11) is 0. The largest absolute Gasteiger partial charge is 0.470 e. The molecule has 0 bridgehead atoms. The maximum Gasteiger partial charge on any atom is 0.272 e. The minimum absolute atomic E-state index is 0.0749. The number of anilines is 1. The predicted molar refractivity (Wildman–Crippen MR) is 137 cm³/mol. The van der Waals surface area contributed by atoms with E-state index in [9.17, 15) is 13.2 Å². The molecule has 1 heterocycles. The van der Waals surface area contributed by atoms with Crippen LogP contribution in [-0.2, 0) is 11.2 Å². The molecule has 1 N–H and O–H groups in total. The highest BCUT2D eigenvalue weighted by atomic mass is 35.5. The lowest BCUT2D eigenvalue weighted by Gasteiger charge is -2.13. The van der Waals surface area contributed by atoms with E-state index in [4.69, 9.17) is 16.3 Å². The SMILES string of the molecule is C=N/N=C(\OCC(F)F)c1ccc(CCCCN2CCCC2)cc1.Fc1ccc(NS)cc1Cl. The highest BCUT2D eigenvalue weighted by Gasteiger charge is 2.11. The molecule has 186 valence electrons. The van der Waals surface area contributed by atoms with Gasteiger partial charge in [-0.05, 0) is 87.6 Å². The first kappa shape index (κ1) is 28.0. The van der Waals surface area contributed by atoms with Crippen LogP contribution >= 0.6 is 24.4 Å². The third-order valence-corrected chi connectivity index (χ3v) is 5.69. The Morgan fingerprint density at radius 2 is 1.85 bits per heavy atom. The number of likely N-dealkylation sites (tertiary alicyclic amines) is 1. The molecule has 0 spiro atoms. The molecule has 1 aliphatic heterocycles. The summed E-state index contributed by atoms with van der Waals surface area (Å²) in [6.45, 7) is 6.21. The molecule has 2 aromatic rings. The van der Waals surface area contributed by atoms with E-state index in [1.165, 1.54) is 56.6 Å². The van der Waals surface area contributed by atoms with Crippen molar-refractivity contribution in [3.8, 4) is 0 Å². The van der Waals surface area contributed by atoms with Gasteiger partial charge in [-0.3, -0.25) is 0 Å². The van der Waals surface area contributed by atoms with E-state index in [2.05, 4.69) is 39.4 Å². The molecule has 0 atom stereocenters. The van der Waals surface area contributed by atoms with Crippen LogP contribution in [0.5, 0.6) is 0 Å². The van der Waals surface area contributed by atoms with Crippen molar-refractivity contribution in [1.29, 1.82) is 0 Å². The first-order chi connectivity index (χ1) is 16.4. The summed E-state index contributed by atoms with van der Waals surface area (Å²) >= 11 is 9.20. The van der Waals surface area contributed by atoms with Gasteiger partial charge in [0.15, 0.2) is 6.61 Å². The molecule has 1 saturated heterocycles. The molecule has 0 radical (unpaired) electrons. The number of nitrogens with zero attached hydrogens (tertiary/aromatic N) is 3. The number of ether oxygens (including phenoxy) is 1. The standard InChI is InChI=1S/C18H25F2N3O.C6H5ClFNS/c1-21-22-18(24-14-17(19)20)16-9-7-15(8-10-16)6-2-3-11-23-12-4-5-13-23;7-5-3-4(9-10)1-2-6(5)8/h7-10,17H,1-6,11-14H2;1-3,9-10H/b22-18-;. The second kappa shape index (κ2) is 15.6. The predicted octanol–water partition coefficient (Wildman–Crippen LogP) is 6.48. The number of benzene rings is 2. The lowest BCUT2D eigenvalue weighted by molar-refractivity contribution is 0.0765. The van der Waals surface area contributed by atoms with Gasteiger partial charge in [-0.25, -0.2) is 13.2 Å². The van der Waals surface area contributed by atoms with Gasteiger partial charge in [-0.15, -0.1) is 5.10 Å². The van der Waals surface area contributed by atoms with Crippen molar-refractivity contribution in [2.45, 2.75) is 38.5 Å². The number of rotatable bonds is 10. The molecule has 10 heteroatoms. The minimum atomic E-state index is -2.55. The molecule has 0 amide bonds. The number of nitrogens with one attached hydrogen (secondary N) is 1. The smallest absolute Gasteiger partial charge is 0.272 e. The Bertz CT molecular complexity index is 910. The zero-order valence-corrected chi connectivity index (χ0v) is 20.5. The summed E-state index contributed by atoms with van der Waals surface area (Å²) in [5.41, 5.74) is 2.53. The number of hydrogen-bond acceptors (Lipinski definition) is 6. The van der Waals surface area contributed by atoms with Crippen LogP contribution < -0.4 is 4.72 Å². The summed E-state index contributed by atoms with van der Waals surface area (Å²) in [6, 6.07) is 11.9. The van der Waals surface area contributed by atoms with Gasteiger partial charge in [-0.2, -0.15) is 5.10 Å². The quantitative estimate of drug-likeness (QED) is 0.125. The van der Waals surface area contributed by atoms with Crippen LogP contribution in [0.3, 0.4) is 0 Å². The van der Waals surface area contributed by atoms with E-state index in [0.717, 1.165) is 12.8 Å². The van der Waals surface area contributed by atoms with E-state index in [1.807, 2.05) is 24.3 Å². The van der Waals surface area contributed by atoms with E-state index >= 15 is 0 Å². The highest BCUT2D eigenvalue weighted by Crippen LogP contribution is 2.19. The van der Waals surface area contributed by atoms with E-state index < -0.39 is 18.8 Å². The Labute approximate surface area is 209 Å². The zero-order chi connectivity index (χ0) is 24.8. The summed E-state index contributed by atoms with van der Waals surface area (Å²) in [5, 5.41) is 7.16. The summed E-state index contributed by atoms with van der Waals surface area (Å²) in [5.74, 6) is -0.347. The Balaban J connectivity index is 0.000000340. The Morgan fingerprint density at radius 3 is 2.44 bits per heavy atom. The zero-order valence-electron chi connectivity index (χ0n) is 18.9. The van der Waals surface area contributed by atoms with Crippen LogP contribution in [0.15, 0.2) is 52.7 Å². The van der Waals surface area contributed by atoms with Gasteiger partial charge in [-0.1, -0.05) is 36.5 Å². The average Bonchev–Trinajstić information content (AvgIpc) is 3.36. The Hall–Kier alpha value is -2.23. The van der Waals surface area contributed by atoms with Crippen molar-refractivity contribution < 1.29 is 17.9 Å². The fourth-order valence-corrected chi connectivity index (χ4v) is 3.75. The topological polar surface area (TPSA) is 49.2 Å². The lowest BCUT2D eigenvalue weighted by atomic mass is 10.1. The van der Waals surface area contributed by atoms with E-state index in [-0.39, 0.29) is 10.9 Å². The van der Waals surface area contributed by atoms with Crippen LogP contribution in [0.25, 0.3) is 0 Å². The number of aryl methyl sites for hydroxylation is 1. The van der Waals surface area contributed by atoms with Crippen LogP contribution in [0, 0.1) is 5.82 Å². The van der Waals surface area contributed by atoms with Crippen molar-refractivity contribution in [2.24, 2.45) is 10.2 Å². The fourth-order valence-electron chi connectivity index (χ4n) is 3.43. The van der Waals surface area contributed by atoms with Crippen LogP contribution in [0.4, 0.5) is 18.9 Å². The molecule has 1 fully saturated rings. The van der Waals surface area contributed by atoms with Crippen LogP contribution in [-0.4, -0.2) is 50.2 Å². The molecule has 0 aromatic heterocycles. The maximum atomic E-state index is 12.5. The van der Waals surface area contributed by atoms with Crippen molar-refractivity contribution in [3.63, 3.8) is 0 Å². The second-order valence-electron chi connectivity index (χ2n) is 7.69. The van der Waals surface area contributed by atoms with Crippen molar-refractivity contribution in [2.75, 3.05) is 31.0 Å². The summed E-state index contributed by atoms with van der Waals surface area (Å²) in [4.78, 5) is 2.52. The molecule has 0 saturated carbocycles. The van der Waals surface area contributed by atoms with Crippen molar-refractivity contribution >= 4 is 42.7 Å². The van der Waals surface area contributed by atoms with Crippen molar-refractivity contribution in [3.05, 3.63) is 64.4 Å². The lowest BCUT2D eigenvalue weighted by Crippen LogP contribution is -2.20. The molecule has 3 rings (SSSR count). The Morgan fingerprint density at radius 1 is 1.15 bits per heavy atom.